The fourth-order valence-electron chi connectivity index (χ4n) is 2.88. The minimum absolute atomic E-state index is 0.237. The quantitative estimate of drug-likeness (QED) is 0.875. The zero-order valence-electron chi connectivity index (χ0n) is 14.5. The van der Waals surface area contributed by atoms with Crippen LogP contribution >= 0.6 is 0 Å². The van der Waals surface area contributed by atoms with Crippen LogP contribution in [-0.4, -0.2) is 35.3 Å². The Bertz CT molecular complexity index is 477. The average Bonchev–Trinajstić information content (AvgIpc) is 2.48. The number of alkyl carbamates (subject to hydrolysis) is 1. The number of hydrogen-bond acceptors (Lipinski definition) is 4. The molecular formula is C18H29N3O2. The van der Waals surface area contributed by atoms with Gasteiger partial charge in [0.05, 0.1) is 0 Å². The molecule has 1 aliphatic carbocycles. The minimum Gasteiger partial charge on any atom is -0.444 e. The van der Waals surface area contributed by atoms with Crippen LogP contribution in [0.1, 0.15) is 52.0 Å². The van der Waals surface area contributed by atoms with Gasteiger partial charge in [0.15, 0.2) is 0 Å². The number of ether oxygens (including phenoxy) is 1. The average molecular weight is 319 g/mol. The first-order chi connectivity index (χ1) is 10.9. The summed E-state index contributed by atoms with van der Waals surface area (Å²) in [5, 5.41) is 6.59. The summed E-state index contributed by atoms with van der Waals surface area (Å²) in [7, 11) is 0. The second-order valence-corrected chi connectivity index (χ2v) is 7.26. The molecule has 23 heavy (non-hydrogen) atoms. The number of carbonyl (C=O) groups excluding carboxylic acids is 1. The topological polar surface area (TPSA) is 63.2 Å². The molecule has 1 aliphatic rings. The predicted molar refractivity (Wildman–Crippen MR) is 91.4 cm³/mol. The second kappa shape index (κ2) is 8.29. The highest BCUT2D eigenvalue weighted by Gasteiger charge is 2.24. The van der Waals surface area contributed by atoms with E-state index < -0.39 is 5.60 Å². The van der Waals surface area contributed by atoms with Crippen molar-refractivity contribution in [3.05, 3.63) is 30.1 Å². The number of carbonyl (C=O) groups is 1. The van der Waals surface area contributed by atoms with E-state index in [-0.39, 0.29) is 12.1 Å². The van der Waals surface area contributed by atoms with E-state index in [0.717, 1.165) is 38.6 Å². The third-order valence-corrected chi connectivity index (χ3v) is 4.02. The predicted octanol–water partition coefficient (Wildman–Crippen LogP) is 3.05. The van der Waals surface area contributed by atoms with Crippen molar-refractivity contribution in [3.8, 4) is 0 Å². The van der Waals surface area contributed by atoms with E-state index in [1.165, 1.54) is 5.56 Å². The molecule has 0 atom stereocenters. The Morgan fingerprint density at radius 3 is 2.57 bits per heavy atom. The van der Waals surface area contributed by atoms with E-state index in [4.69, 9.17) is 4.74 Å². The number of nitrogens with zero attached hydrogens (tertiary/aromatic N) is 1. The summed E-state index contributed by atoms with van der Waals surface area (Å²) in [5.41, 5.74) is 0.829. The summed E-state index contributed by atoms with van der Waals surface area (Å²) in [6, 6.07) is 4.86. The van der Waals surface area contributed by atoms with Gasteiger partial charge in [-0.25, -0.2) is 4.79 Å². The Morgan fingerprint density at radius 2 is 1.96 bits per heavy atom. The first-order valence-corrected chi connectivity index (χ1v) is 8.54. The number of rotatable bonds is 5. The largest absolute Gasteiger partial charge is 0.444 e. The van der Waals surface area contributed by atoms with Gasteiger partial charge in [-0.2, -0.15) is 0 Å². The van der Waals surface area contributed by atoms with Gasteiger partial charge in [-0.15, -0.1) is 0 Å². The fourth-order valence-corrected chi connectivity index (χ4v) is 2.88. The maximum absolute atomic E-state index is 11.8. The molecule has 1 aromatic heterocycles. The summed E-state index contributed by atoms with van der Waals surface area (Å²) in [4.78, 5) is 15.9. The van der Waals surface area contributed by atoms with E-state index in [1.807, 2.05) is 33.0 Å². The monoisotopic (exact) mass is 319 g/mol. The lowest BCUT2D eigenvalue weighted by Gasteiger charge is -2.30. The lowest BCUT2D eigenvalue weighted by Crippen LogP contribution is -2.44. The molecule has 0 spiro atoms. The summed E-state index contributed by atoms with van der Waals surface area (Å²) >= 11 is 0. The van der Waals surface area contributed by atoms with Crippen molar-refractivity contribution >= 4 is 6.09 Å². The van der Waals surface area contributed by atoms with Crippen LogP contribution in [0, 0.1) is 0 Å². The molecule has 0 aliphatic heterocycles. The van der Waals surface area contributed by atoms with Crippen molar-refractivity contribution < 1.29 is 9.53 Å². The van der Waals surface area contributed by atoms with Crippen molar-refractivity contribution in [2.24, 2.45) is 0 Å². The number of aromatic nitrogens is 1. The van der Waals surface area contributed by atoms with Crippen LogP contribution in [0.15, 0.2) is 24.5 Å². The van der Waals surface area contributed by atoms with E-state index in [1.54, 1.807) is 6.20 Å². The van der Waals surface area contributed by atoms with Crippen molar-refractivity contribution in [1.82, 2.24) is 15.6 Å². The Morgan fingerprint density at radius 1 is 1.26 bits per heavy atom. The highest BCUT2D eigenvalue weighted by molar-refractivity contribution is 5.68. The molecule has 1 saturated carbocycles. The molecule has 0 radical (unpaired) electrons. The second-order valence-electron chi connectivity index (χ2n) is 7.26. The summed E-state index contributed by atoms with van der Waals surface area (Å²) in [6.45, 7) is 6.63. The van der Waals surface area contributed by atoms with Crippen molar-refractivity contribution in [2.45, 2.75) is 70.6 Å². The molecule has 2 rings (SSSR count). The van der Waals surface area contributed by atoms with E-state index >= 15 is 0 Å². The van der Waals surface area contributed by atoms with Gasteiger partial charge in [-0.05, 0) is 71.0 Å². The standard InChI is InChI=1S/C18H29N3O2/c1-18(2,3)23-17(22)21-16-8-6-15(7-9-16)20-12-10-14-5-4-11-19-13-14/h4-5,11,13,15-16,20H,6-10,12H2,1-3H3,(H,21,22). The number of hydrogen-bond donors (Lipinski definition) is 2. The lowest BCUT2D eigenvalue weighted by atomic mass is 9.91. The van der Waals surface area contributed by atoms with Crippen LogP contribution in [0.3, 0.4) is 0 Å². The van der Waals surface area contributed by atoms with Crippen LogP contribution in [-0.2, 0) is 11.2 Å². The molecule has 0 aromatic carbocycles. The van der Waals surface area contributed by atoms with E-state index in [0.29, 0.717) is 6.04 Å². The maximum Gasteiger partial charge on any atom is 0.407 e. The molecule has 5 heteroatoms. The Hall–Kier alpha value is -1.62. The molecule has 1 heterocycles. The summed E-state index contributed by atoms with van der Waals surface area (Å²) in [6.07, 6.45) is 8.61. The molecule has 128 valence electrons. The zero-order valence-corrected chi connectivity index (χ0v) is 14.5. The van der Waals surface area contributed by atoms with Gasteiger partial charge in [-0.3, -0.25) is 4.98 Å². The molecule has 0 unspecified atom stereocenters. The highest BCUT2D eigenvalue weighted by atomic mass is 16.6. The zero-order chi connectivity index (χ0) is 16.7. The molecule has 1 amide bonds. The van der Waals surface area contributed by atoms with Crippen molar-refractivity contribution in [1.29, 1.82) is 0 Å². The van der Waals surface area contributed by atoms with Gasteiger partial charge in [0.2, 0.25) is 0 Å². The minimum atomic E-state index is -0.435. The summed E-state index contributed by atoms with van der Waals surface area (Å²) in [5.74, 6) is 0. The Kier molecular flexibility index (Phi) is 6.39. The number of pyridine rings is 1. The van der Waals surface area contributed by atoms with Crippen LogP contribution in [0.25, 0.3) is 0 Å². The fraction of sp³-hybridized carbons (Fsp3) is 0.667. The normalized spacial score (nSPS) is 21.7. The van der Waals surface area contributed by atoms with Crippen LogP contribution < -0.4 is 10.6 Å². The van der Waals surface area contributed by atoms with Crippen LogP contribution in [0.5, 0.6) is 0 Å². The first-order valence-electron chi connectivity index (χ1n) is 8.54. The first kappa shape index (κ1) is 17.7. The maximum atomic E-state index is 11.8. The molecule has 1 fully saturated rings. The number of nitrogens with one attached hydrogen (secondary N) is 2. The van der Waals surface area contributed by atoms with Crippen molar-refractivity contribution in [2.75, 3.05) is 6.54 Å². The molecule has 5 nitrogen and oxygen atoms in total. The number of amides is 1. The van der Waals surface area contributed by atoms with Gasteiger partial charge in [0, 0.05) is 24.5 Å². The third kappa shape index (κ3) is 6.99. The van der Waals surface area contributed by atoms with E-state index in [2.05, 4.69) is 21.7 Å². The Balaban J connectivity index is 1.61. The molecule has 0 bridgehead atoms. The lowest BCUT2D eigenvalue weighted by molar-refractivity contribution is 0.0490. The van der Waals surface area contributed by atoms with Gasteiger partial charge in [-0.1, -0.05) is 6.07 Å². The molecule has 2 N–H and O–H groups in total. The molecule has 0 saturated heterocycles. The molecular weight excluding hydrogens is 290 g/mol. The highest BCUT2D eigenvalue weighted by Crippen LogP contribution is 2.19. The smallest absolute Gasteiger partial charge is 0.407 e. The van der Waals surface area contributed by atoms with Gasteiger partial charge in [0.1, 0.15) is 5.60 Å². The van der Waals surface area contributed by atoms with Crippen molar-refractivity contribution in [3.63, 3.8) is 0 Å². The van der Waals surface area contributed by atoms with Crippen LogP contribution in [0.2, 0.25) is 0 Å². The van der Waals surface area contributed by atoms with Crippen LogP contribution in [0.4, 0.5) is 4.79 Å². The Labute approximate surface area is 139 Å². The van der Waals surface area contributed by atoms with Gasteiger partial charge < -0.3 is 15.4 Å². The van der Waals surface area contributed by atoms with Gasteiger partial charge in [0.25, 0.3) is 0 Å². The molecule has 1 aromatic rings. The van der Waals surface area contributed by atoms with Gasteiger partial charge >= 0.3 is 6.09 Å². The SMILES string of the molecule is CC(C)(C)OC(=O)NC1CCC(NCCc2cccnc2)CC1. The third-order valence-electron chi connectivity index (χ3n) is 4.02. The van der Waals surface area contributed by atoms with E-state index in [9.17, 15) is 4.79 Å². The summed E-state index contributed by atoms with van der Waals surface area (Å²) < 4.78 is 5.31.